The summed E-state index contributed by atoms with van der Waals surface area (Å²) in [5.41, 5.74) is 9.44. The molecule has 0 saturated heterocycles. The Bertz CT molecular complexity index is 482. The van der Waals surface area contributed by atoms with Crippen molar-refractivity contribution >= 4 is 17.3 Å². The normalized spacial score (nSPS) is 10.6. The van der Waals surface area contributed by atoms with Crippen LogP contribution in [0, 0.1) is 13.8 Å². The maximum absolute atomic E-state index is 5.95. The number of nitrogen functional groups attached to an aromatic ring is 1. The maximum atomic E-state index is 5.95. The van der Waals surface area contributed by atoms with Crippen molar-refractivity contribution in [2.75, 3.05) is 5.73 Å². The zero-order chi connectivity index (χ0) is 11.0. The molecule has 0 spiro atoms. The molecule has 3 nitrogen and oxygen atoms in total. The van der Waals surface area contributed by atoms with Gasteiger partial charge in [-0.1, -0.05) is 11.6 Å². The van der Waals surface area contributed by atoms with Crippen LogP contribution in [-0.4, -0.2) is 9.55 Å². The topological polar surface area (TPSA) is 43.8 Å². The molecule has 2 aromatic rings. The van der Waals surface area contributed by atoms with Crippen LogP contribution >= 0.6 is 11.6 Å². The standard InChI is InChI=1S/C11H12ClN3/c1-7-8(2)15(6-14-7)11-4-9(12)3-10(13)5-11/h3-6H,13H2,1-2H3. The lowest BCUT2D eigenvalue weighted by atomic mass is 10.2. The number of imidazole rings is 1. The molecule has 0 aliphatic heterocycles. The molecule has 1 aromatic heterocycles. The smallest absolute Gasteiger partial charge is 0.0997 e. The number of aromatic nitrogens is 2. The Hall–Kier alpha value is -1.48. The number of nitrogens with zero attached hydrogens (tertiary/aromatic N) is 2. The average molecular weight is 222 g/mol. The second kappa shape index (κ2) is 3.59. The number of anilines is 1. The van der Waals surface area contributed by atoms with Crippen molar-refractivity contribution in [3.8, 4) is 5.69 Å². The van der Waals surface area contributed by atoms with Gasteiger partial charge in [0.1, 0.15) is 0 Å². The number of benzene rings is 1. The molecule has 4 heteroatoms. The minimum absolute atomic E-state index is 0.635. The molecule has 15 heavy (non-hydrogen) atoms. The van der Waals surface area contributed by atoms with Gasteiger partial charge in [0.25, 0.3) is 0 Å². The Balaban J connectivity index is 2.58. The van der Waals surface area contributed by atoms with E-state index in [-0.39, 0.29) is 0 Å². The molecule has 2 rings (SSSR count). The molecule has 2 N–H and O–H groups in total. The lowest BCUT2D eigenvalue weighted by Crippen LogP contribution is -1.97. The fourth-order valence-corrected chi connectivity index (χ4v) is 1.73. The Morgan fingerprint density at radius 2 is 2.00 bits per heavy atom. The van der Waals surface area contributed by atoms with Crippen LogP contribution in [0.15, 0.2) is 24.5 Å². The summed E-state index contributed by atoms with van der Waals surface area (Å²) in [5, 5.41) is 0.635. The molecule has 0 aliphatic rings. The van der Waals surface area contributed by atoms with Gasteiger partial charge in [0, 0.05) is 16.4 Å². The van der Waals surface area contributed by atoms with Crippen LogP contribution in [0.5, 0.6) is 0 Å². The van der Waals surface area contributed by atoms with Crippen LogP contribution in [-0.2, 0) is 0 Å². The van der Waals surface area contributed by atoms with Crippen LogP contribution in [0.25, 0.3) is 5.69 Å². The molecule has 0 radical (unpaired) electrons. The van der Waals surface area contributed by atoms with E-state index in [4.69, 9.17) is 17.3 Å². The second-order valence-electron chi connectivity index (χ2n) is 3.53. The second-order valence-corrected chi connectivity index (χ2v) is 3.96. The highest BCUT2D eigenvalue weighted by molar-refractivity contribution is 6.31. The molecule has 0 atom stereocenters. The van der Waals surface area contributed by atoms with Gasteiger partial charge >= 0.3 is 0 Å². The zero-order valence-electron chi connectivity index (χ0n) is 8.66. The third-order valence-electron chi connectivity index (χ3n) is 2.43. The van der Waals surface area contributed by atoms with Crippen molar-refractivity contribution in [2.45, 2.75) is 13.8 Å². The van der Waals surface area contributed by atoms with Gasteiger partial charge in [-0.2, -0.15) is 0 Å². The summed E-state index contributed by atoms with van der Waals surface area (Å²) >= 11 is 5.95. The van der Waals surface area contributed by atoms with E-state index in [9.17, 15) is 0 Å². The fraction of sp³-hybridized carbons (Fsp3) is 0.182. The predicted octanol–water partition coefficient (Wildman–Crippen LogP) is 2.72. The van der Waals surface area contributed by atoms with Gasteiger partial charge in [-0.05, 0) is 32.0 Å². The van der Waals surface area contributed by atoms with Gasteiger partial charge in [-0.3, -0.25) is 0 Å². The molecular weight excluding hydrogens is 210 g/mol. The molecule has 0 bridgehead atoms. The fourth-order valence-electron chi connectivity index (χ4n) is 1.49. The minimum Gasteiger partial charge on any atom is -0.399 e. The van der Waals surface area contributed by atoms with E-state index < -0.39 is 0 Å². The first-order valence-corrected chi connectivity index (χ1v) is 5.02. The van der Waals surface area contributed by atoms with Crippen LogP contribution in [0.4, 0.5) is 5.69 Å². The Morgan fingerprint density at radius 3 is 2.53 bits per heavy atom. The molecule has 0 amide bonds. The summed E-state index contributed by atoms with van der Waals surface area (Å²) in [5.74, 6) is 0. The third-order valence-corrected chi connectivity index (χ3v) is 2.65. The van der Waals surface area contributed by atoms with Crippen LogP contribution < -0.4 is 5.73 Å². The van der Waals surface area contributed by atoms with Gasteiger partial charge in [0.15, 0.2) is 0 Å². The van der Waals surface area contributed by atoms with Crippen molar-refractivity contribution in [1.29, 1.82) is 0 Å². The van der Waals surface area contributed by atoms with Gasteiger partial charge < -0.3 is 10.3 Å². The predicted molar refractivity (Wildman–Crippen MR) is 62.5 cm³/mol. The molecule has 0 saturated carbocycles. The SMILES string of the molecule is Cc1ncn(-c2cc(N)cc(Cl)c2)c1C. The Morgan fingerprint density at radius 1 is 1.27 bits per heavy atom. The summed E-state index contributed by atoms with van der Waals surface area (Å²) in [4.78, 5) is 4.23. The summed E-state index contributed by atoms with van der Waals surface area (Å²) in [6.45, 7) is 3.99. The van der Waals surface area contributed by atoms with Crippen LogP contribution in [0.1, 0.15) is 11.4 Å². The third kappa shape index (κ3) is 1.83. The number of halogens is 1. The Kier molecular flexibility index (Phi) is 2.40. The monoisotopic (exact) mass is 221 g/mol. The van der Waals surface area contributed by atoms with E-state index in [1.54, 1.807) is 12.4 Å². The molecule has 1 heterocycles. The molecule has 0 unspecified atom stereocenters. The van der Waals surface area contributed by atoms with Gasteiger partial charge in [0.2, 0.25) is 0 Å². The van der Waals surface area contributed by atoms with Crippen molar-refractivity contribution in [1.82, 2.24) is 9.55 Å². The van der Waals surface area contributed by atoms with E-state index in [0.29, 0.717) is 10.7 Å². The van der Waals surface area contributed by atoms with Crippen molar-refractivity contribution in [2.24, 2.45) is 0 Å². The molecular formula is C11H12ClN3. The average Bonchev–Trinajstić information content (AvgIpc) is 2.46. The zero-order valence-corrected chi connectivity index (χ0v) is 9.42. The number of rotatable bonds is 1. The number of hydrogen-bond donors (Lipinski definition) is 1. The number of aryl methyl sites for hydroxylation is 1. The summed E-state index contributed by atoms with van der Waals surface area (Å²) in [6, 6.07) is 5.47. The highest BCUT2D eigenvalue weighted by Crippen LogP contribution is 2.21. The van der Waals surface area contributed by atoms with Crippen LogP contribution in [0.2, 0.25) is 5.02 Å². The van der Waals surface area contributed by atoms with Gasteiger partial charge in [-0.25, -0.2) is 4.98 Å². The Labute approximate surface area is 93.5 Å². The summed E-state index contributed by atoms with van der Waals surface area (Å²) in [7, 11) is 0. The largest absolute Gasteiger partial charge is 0.399 e. The minimum atomic E-state index is 0.635. The van der Waals surface area contributed by atoms with E-state index >= 15 is 0 Å². The highest BCUT2D eigenvalue weighted by atomic mass is 35.5. The van der Waals surface area contributed by atoms with E-state index in [1.165, 1.54) is 0 Å². The molecule has 1 aromatic carbocycles. The molecule has 0 fully saturated rings. The first-order chi connectivity index (χ1) is 7.08. The number of hydrogen-bond acceptors (Lipinski definition) is 2. The lowest BCUT2D eigenvalue weighted by Gasteiger charge is -2.07. The lowest BCUT2D eigenvalue weighted by molar-refractivity contribution is 1.00. The van der Waals surface area contributed by atoms with E-state index in [1.807, 2.05) is 30.5 Å². The number of nitrogens with two attached hydrogens (primary N) is 1. The van der Waals surface area contributed by atoms with Crippen molar-refractivity contribution < 1.29 is 0 Å². The summed E-state index contributed by atoms with van der Waals surface area (Å²) < 4.78 is 1.97. The maximum Gasteiger partial charge on any atom is 0.0997 e. The first-order valence-electron chi connectivity index (χ1n) is 4.65. The molecule has 0 aliphatic carbocycles. The van der Waals surface area contributed by atoms with E-state index in [2.05, 4.69) is 4.98 Å². The quantitative estimate of drug-likeness (QED) is 0.753. The van der Waals surface area contributed by atoms with Gasteiger partial charge in [0.05, 0.1) is 17.7 Å². The van der Waals surface area contributed by atoms with Crippen molar-refractivity contribution in [3.63, 3.8) is 0 Å². The highest BCUT2D eigenvalue weighted by Gasteiger charge is 2.05. The van der Waals surface area contributed by atoms with Gasteiger partial charge in [-0.15, -0.1) is 0 Å². The van der Waals surface area contributed by atoms with E-state index in [0.717, 1.165) is 17.1 Å². The summed E-state index contributed by atoms with van der Waals surface area (Å²) in [6.07, 6.45) is 1.77. The van der Waals surface area contributed by atoms with Crippen LogP contribution in [0.3, 0.4) is 0 Å². The molecule has 78 valence electrons. The van der Waals surface area contributed by atoms with Crippen molar-refractivity contribution in [3.05, 3.63) is 40.9 Å². The first kappa shape index (κ1) is 10.1.